The molecule has 0 aliphatic heterocycles. The van der Waals surface area contributed by atoms with E-state index in [4.69, 9.17) is 11.6 Å². The Labute approximate surface area is 139 Å². The lowest BCUT2D eigenvalue weighted by Gasteiger charge is -2.11. The van der Waals surface area contributed by atoms with E-state index in [0.717, 1.165) is 5.56 Å². The summed E-state index contributed by atoms with van der Waals surface area (Å²) in [4.78, 5) is 0.141. The van der Waals surface area contributed by atoms with Crippen LogP contribution < -0.4 is 4.72 Å². The largest absolute Gasteiger partial charge is 0.278 e. The Morgan fingerprint density at radius 3 is 2.40 bits per heavy atom. The number of hydrogen-bond acceptors (Lipinski definition) is 2. The summed E-state index contributed by atoms with van der Waals surface area (Å²) < 4.78 is 28.4. The van der Waals surface area contributed by atoms with Crippen molar-refractivity contribution in [2.45, 2.75) is 11.8 Å². The van der Waals surface area contributed by atoms with Crippen molar-refractivity contribution in [1.29, 1.82) is 0 Å². The van der Waals surface area contributed by atoms with Gasteiger partial charge in [0.25, 0.3) is 10.0 Å². The normalized spacial score (nSPS) is 11.4. The molecule has 0 aliphatic rings. The Hall–Kier alpha value is -0.560. The second kappa shape index (κ2) is 6.05. The average molecular weight is 440 g/mol. The van der Waals surface area contributed by atoms with Crippen LogP contribution in [0.4, 0.5) is 5.69 Å². The lowest BCUT2D eigenvalue weighted by atomic mass is 10.2. The summed E-state index contributed by atoms with van der Waals surface area (Å²) in [5.74, 6) is 0. The van der Waals surface area contributed by atoms with Crippen molar-refractivity contribution in [3.05, 3.63) is 55.9 Å². The number of aryl methyl sites for hydroxylation is 1. The summed E-state index contributed by atoms with van der Waals surface area (Å²) in [6.07, 6.45) is 0. The lowest BCUT2D eigenvalue weighted by molar-refractivity contribution is 0.601. The van der Waals surface area contributed by atoms with E-state index in [9.17, 15) is 8.42 Å². The van der Waals surface area contributed by atoms with Gasteiger partial charge in [-0.05, 0) is 74.7 Å². The minimum absolute atomic E-state index is 0.141. The number of benzene rings is 2. The van der Waals surface area contributed by atoms with E-state index in [0.29, 0.717) is 19.7 Å². The molecule has 2 aromatic rings. The molecular formula is C13H10Br2ClNO2S. The van der Waals surface area contributed by atoms with E-state index in [-0.39, 0.29) is 4.90 Å². The number of nitrogens with one attached hydrogen (secondary N) is 1. The lowest BCUT2D eigenvalue weighted by Crippen LogP contribution is -2.13. The predicted octanol–water partition coefficient (Wildman–Crippen LogP) is 4.97. The maximum absolute atomic E-state index is 12.3. The van der Waals surface area contributed by atoms with Gasteiger partial charge in [-0.25, -0.2) is 8.42 Å². The van der Waals surface area contributed by atoms with E-state index in [2.05, 4.69) is 36.6 Å². The van der Waals surface area contributed by atoms with Gasteiger partial charge in [0, 0.05) is 8.95 Å². The molecule has 0 aliphatic carbocycles. The topological polar surface area (TPSA) is 46.2 Å². The average Bonchev–Trinajstić information content (AvgIpc) is 2.36. The van der Waals surface area contributed by atoms with E-state index in [1.54, 1.807) is 12.1 Å². The Bertz CT molecular complexity index is 763. The molecule has 0 amide bonds. The Morgan fingerprint density at radius 1 is 1.05 bits per heavy atom. The van der Waals surface area contributed by atoms with Crippen LogP contribution in [0.1, 0.15) is 5.56 Å². The van der Waals surface area contributed by atoms with Crippen molar-refractivity contribution >= 4 is 59.2 Å². The van der Waals surface area contributed by atoms with Crippen LogP contribution in [0.2, 0.25) is 5.02 Å². The highest BCUT2D eigenvalue weighted by molar-refractivity contribution is 9.11. The summed E-state index contributed by atoms with van der Waals surface area (Å²) in [5.41, 5.74) is 1.46. The van der Waals surface area contributed by atoms with Crippen LogP contribution in [0.5, 0.6) is 0 Å². The Morgan fingerprint density at radius 2 is 1.75 bits per heavy atom. The number of hydrogen-bond donors (Lipinski definition) is 1. The fourth-order valence-electron chi connectivity index (χ4n) is 1.57. The first-order chi connectivity index (χ1) is 9.29. The van der Waals surface area contributed by atoms with Gasteiger partial charge in [-0.2, -0.15) is 0 Å². The van der Waals surface area contributed by atoms with Crippen LogP contribution in [-0.4, -0.2) is 8.42 Å². The van der Waals surface area contributed by atoms with Crippen LogP contribution in [-0.2, 0) is 10.0 Å². The molecule has 0 bridgehead atoms. The van der Waals surface area contributed by atoms with Gasteiger partial charge in [0.15, 0.2) is 0 Å². The molecule has 0 unspecified atom stereocenters. The fourth-order valence-corrected chi connectivity index (χ4v) is 3.79. The van der Waals surface area contributed by atoms with Gasteiger partial charge in [-0.15, -0.1) is 0 Å². The van der Waals surface area contributed by atoms with Crippen molar-refractivity contribution in [2.24, 2.45) is 0 Å². The number of halogens is 3. The molecule has 20 heavy (non-hydrogen) atoms. The minimum Gasteiger partial charge on any atom is -0.278 e. The summed E-state index contributed by atoms with van der Waals surface area (Å²) in [6.45, 7) is 1.89. The first-order valence-corrected chi connectivity index (χ1v) is 8.98. The molecule has 3 nitrogen and oxygen atoms in total. The van der Waals surface area contributed by atoms with E-state index >= 15 is 0 Å². The molecular weight excluding hydrogens is 429 g/mol. The first kappa shape index (κ1) is 15.8. The van der Waals surface area contributed by atoms with Gasteiger partial charge < -0.3 is 0 Å². The molecule has 7 heteroatoms. The molecule has 0 saturated carbocycles. The molecule has 0 heterocycles. The molecule has 0 atom stereocenters. The highest BCUT2D eigenvalue weighted by Gasteiger charge is 2.16. The van der Waals surface area contributed by atoms with Crippen molar-refractivity contribution < 1.29 is 8.42 Å². The van der Waals surface area contributed by atoms with Crippen molar-refractivity contribution in [2.75, 3.05) is 4.72 Å². The number of anilines is 1. The molecule has 0 fully saturated rings. The molecule has 0 radical (unpaired) electrons. The van der Waals surface area contributed by atoms with Crippen LogP contribution in [0.3, 0.4) is 0 Å². The van der Waals surface area contributed by atoms with Gasteiger partial charge in [0.2, 0.25) is 0 Å². The van der Waals surface area contributed by atoms with Crippen LogP contribution in [0.15, 0.2) is 50.2 Å². The van der Waals surface area contributed by atoms with Gasteiger partial charge >= 0.3 is 0 Å². The molecule has 2 aromatic carbocycles. The zero-order chi connectivity index (χ0) is 14.9. The van der Waals surface area contributed by atoms with E-state index < -0.39 is 10.0 Å². The summed E-state index contributed by atoms with van der Waals surface area (Å²) in [7, 11) is -3.66. The number of sulfonamides is 1. The van der Waals surface area contributed by atoms with Gasteiger partial charge in [-0.1, -0.05) is 17.7 Å². The molecule has 0 saturated heterocycles. The minimum atomic E-state index is -3.66. The standard InChI is InChI=1S/C13H10Br2ClNO2S/c1-8-2-4-10(14)13(6-8)17-20(18,19)9-3-5-12(16)11(15)7-9/h2-7,17H,1H3. The second-order valence-electron chi connectivity index (χ2n) is 4.16. The van der Waals surface area contributed by atoms with Crippen molar-refractivity contribution in [3.8, 4) is 0 Å². The third kappa shape index (κ3) is 3.55. The van der Waals surface area contributed by atoms with E-state index in [1.807, 2.05) is 13.0 Å². The highest BCUT2D eigenvalue weighted by atomic mass is 79.9. The number of rotatable bonds is 3. The zero-order valence-electron chi connectivity index (χ0n) is 10.3. The third-order valence-electron chi connectivity index (χ3n) is 2.57. The molecule has 106 valence electrons. The first-order valence-electron chi connectivity index (χ1n) is 5.53. The summed E-state index contributed by atoms with van der Waals surface area (Å²) in [6, 6.07) is 9.90. The predicted molar refractivity (Wildman–Crippen MR) is 88.8 cm³/mol. The summed E-state index contributed by atoms with van der Waals surface area (Å²) >= 11 is 12.4. The van der Waals surface area contributed by atoms with Crippen LogP contribution in [0, 0.1) is 6.92 Å². The zero-order valence-corrected chi connectivity index (χ0v) is 15.1. The Balaban J connectivity index is 2.40. The SMILES string of the molecule is Cc1ccc(Br)c(NS(=O)(=O)c2ccc(Cl)c(Br)c2)c1. The molecule has 1 N–H and O–H groups in total. The second-order valence-corrected chi connectivity index (χ2v) is 7.96. The Kier molecular flexibility index (Phi) is 4.79. The van der Waals surface area contributed by atoms with Gasteiger partial charge in [0.1, 0.15) is 0 Å². The van der Waals surface area contributed by atoms with Crippen molar-refractivity contribution in [1.82, 2.24) is 0 Å². The molecule has 0 aromatic heterocycles. The quantitative estimate of drug-likeness (QED) is 0.734. The van der Waals surface area contributed by atoms with Crippen molar-refractivity contribution in [3.63, 3.8) is 0 Å². The van der Waals surface area contributed by atoms with Gasteiger partial charge in [-0.3, -0.25) is 4.72 Å². The molecule has 0 spiro atoms. The highest BCUT2D eigenvalue weighted by Crippen LogP contribution is 2.29. The third-order valence-corrected chi connectivity index (χ3v) is 5.84. The summed E-state index contributed by atoms with van der Waals surface area (Å²) in [5, 5.41) is 0.459. The van der Waals surface area contributed by atoms with Gasteiger partial charge in [0.05, 0.1) is 15.6 Å². The van der Waals surface area contributed by atoms with Crippen LogP contribution in [0.25, 0.3) is 0 Å². The van der Waals surface area contributed by atoms with Crippen LogP contribution >= 0.6 is 43.5 Å². The maximum atomic E-state index is 12.3. The smallest absolute Gasteiger partial charge is 0.261 e. The monoisotopic (exact) mass is 437 g/mol. The maximum Gasteiger partial charge on any atom is 0.261 e. The molecule has 2 rings (SSSR count). The fraction of sp³-hybridized carbons (Fsp3) is 0.0769. The van der Waals surface area contributed by atoms with E-state index in [1.165, 1.54) is 18.2 Å².